The zero-order valence-electron chi connectivity index (χ0n) is 13.8. The summed E-state index contributed by atoms with van der Waals surface area (Å²) in [4.78, 5) is 17.3. The maximum Gasteiger partial charge on any atom is 0.356 e. The molecule has 0 bridgehead atoms. The van der Waals surface area contributed by atoms with E-state index in [0.29, 0.717) is 17.7 Å². The Morgan fingerprint density at radius 2 is 1.58 bits per heavy atom. The second-order valence-corrected chi connectivity index (χ2v) is 5.09. The van der Waals surface area contributed by atoms with Crippen LogP contribution in [0.1, 0.15) is 28.4 Å². The van der Waals surface area contributed by atoms with Gasteiger partial charge < -0.3 is 14.3 Å². The molecule has 5 nitrogen and oxygen atoms in total. The van der Waals surface area contributed by atoms with Crippen molar-refractivity contribution >= 4 is 5.97 Å². The number of methoxy groups -OCH3 is 2. The molecule has 0 aliphatic rings. The molecule has 2 rings (SSSR count). The predicted molar refractivity (Wildman–Crippen MR) is 92.1 cm³/mol. The van der Waals surface area contributed by atoms with Gasteiger partial charge in [0.1, 0.15) is 11.5 Å². The van der Waals surface area contributed by atoms with Gasteiger partial charge in [0, 0.05) is 0 Å². The van der Waals surface area contributed by atoms with Gasteiger partial charge in [0.05, 0.1) is 25.8 Å². The van der Waals surface area contributed by atoms with Gasteiger partial charge >= 0.3 is 5.97 Å². The number of hydrogen-bond acceptors (Lipinski definition) is 5. The number of carbonyl (C=O) groups excluding carboxylic acids is 1. The van der Waals surface area contributed by atoms with E-state index in [0.717, 1.165) is 11.3 Å². The van der Waals surface area contributed by atoms with Crippen molar-refractivity contribution in [3.63, 3.8) is 0 Å². The SMILES string of the molecule is C=CCC(NOC(=O)c1ccc(OC)cc1)c1ccc(OC)cc1. The molecule has 0 saturated carbocycles. The Kier molecular flexibility index (Phi) is 6.40. The molecule has 1 atom stereocenters. The highest BCUT2D eigenvalue weighted by molar-refractivity contribution is 5.89. The first kappa shape index (κ1) is 17.6. The fourth-order valence-electron chi connectivity index (χ4n) is 2.17. The van der Waals surface area contributed by atoms with Gasteiger partial charge in [-0.25, -0.2) is 4.79 Å². The molecule has 5 heteroatoms. The van der Waals surface area contributed by atoms with Crippen molar-refractivity contribution in [3.8, 4) is 11.5 Å². The molecular weight excluding hydrogens is 306 g/mol. The minimum atomic E-state index is -0.458. The van der Waals surface area contributed by atoms with E-state index in [1.807, 2.05) is 24.3 Å². The highest BCUT2D eigenvalue weighted by Crippen LogP contribution is 2.21. The van der Waals surface area contributed by atoms with Crippen molar-refractivity contribution in [1.29, 1.82) is 0 Å². The van der Waals surface area contributed by atoms with Crippen LogP contribution in [0.4, 0.5) is 0 Å². The highest BCUT2D eigenvalue weighted by atomic mass is 16.7. The van der Waals surface area contributed by atoms with Crippen molar-refractivity contribution in [2.24, 2.45) is 0 Å². The van der Waals surface area contributed by atoms with Gasteiger partial charge in [-0.15, -0.1) is 12.1 Å². The highest BCUT2D eigenvalue weighted by Gasteiger charge is 2.14. The van der Waals surface area contributed by atoms with E-state index < -0.39 is 5.97 Å². The Hall–Kier alpha value is -2.79. The van der Waals surface area contributed by atoms with E-state index in [9.17, 15) is 4.79 Å². The summed E-state index contributed by atoms with van der Waals surface area (Å²) < 4.78 is 10.2. The number of nitrogens with one attached hydrogen (secondary N) is 1. The van der Waals surface area contributed by atoms with Gasteiger partial charge in [0.15, 0.2) is 0 Å². The van der Waals surface area contributed by atoms with E-state index in [2.05, 4.69) is 12.1 Å². The fraction of sp³-hybridized carbons (Fsp3) is 0.211. The third-order valence-electron chi connectivity index (χ3n) is 3.54. The Bertz CT molecular complexity index is 665. The molecule has 2 aromatic rings. The summed E-state index contributed by atoms with van der Waals surface area (Å²) in [6.07, 6.45) is 2.38. The molecule has 0 aliphatic heterocycles. The number of carbonyl (C=O) groups is 1. The summed E-state index contributed by atoms with van der Waals surface area (Å²) in [7, 11) is 3.19. The number of ether oxygens (including phenoxy) is 2. The lowest BCUT2D eigenvalue weighted by Crippen LogP contribution is -2.25. The molecule has 1 unspecified atom stereocenters. The third-order valence-corrected chi connectivity index (χ3v) is 3.54. The first-order chi connectivity index (χ1) is 11.7. The zero-order chi connectivity index (χ0) is 17.4. The predicted octanol–water partition coefficient (Wildman–Crippen LogP) is 3.68. The Balaban J connectivity index is 2.01. The molecule has 0 radical (unpaired) electrons. The molecule has 1 N–H and O–H groups in total. The quantitative estimate of drug-likeness (QED) is 0.592. The molecule has 0 aliphatic carbocycles. The first-order valence-electron chi connectivity index (χ1n) is 7.53. The van der Waals surface area contributed by atoms with Crippen LogP contribution in [-0.2, 0) is 4.84 Å². The first-order valence-corrected chi connectivity index (χ1v) is 7.53. The molecule has 0 saturated heterocycles. The maximum absolute atomic E-state index is 12.1. The lowest BCUT2D eigenvalue weighted by atomic mass is 10.0. The Morgan fingerprint density at radius 3 is 2.08 bits per heavy atom. The summed E-state index contributed by atoms with van der Waals surface area (Å²) >= 11 is 0. The topological polar surface area (TPSA) is 56.8 Å². The van der Waals surface area contributed by atoms with Crippen LogP contribution in [0.15, 0.2) is 61.2 Å². The normalized spacial score (nSPS) is 11.4. The lowest BCUT2D eigenvalue weighted by Gasteiger charge is -2.17. The second kappa shape index (κ2) is 8.74. The van der Waals surface area contributed by atoms with Crippen LogP contribution >= 0.6 is 0 Å². The van der Waals surface area contributed by atoms with Crippen LogP contribution in [-0.4, -0.2) is 20.2 Å². The summed E-state index contributed by atoms with van der Waals surface area (Å²) in [5.74, 6) is 0.994. The molecule has 0 fully saturated rings. The summed E-state index contributed by atoms with van der Waals surface area (Å²) in [6, 6.07) is 14.1. The van der Waals surface area contributed by atoms with Crippen LogP contribution in [0, 0.1) is 0 Å². The molecule has 0 spiro atoms. The van der Waals surface area contributed by atoms with Crippen molar-refractivity contribution < 1.29 is 19.1 Å². The van der Waals surface area contributed by atoms with Crippen LogP contribution in [0.3, 0.4) is 0 Å². The van der Waals surface area contributed by atoms with E-state index in [1.54, 1.807) is 44.6 Å². The van der Waals surface area contributed by atoms with Gasteiger partial charge in [0.25, 0.3) is 0 Å². The standard InChI is InChI=1S/C19H21NO4/c1-4-5-18(14-6-10-16(22-2)11-7-14)20-24-19(21)15-8-12-17(23-3)13-9-15/h4,6-13,18,20H,1,5H2,2-3H3. The van der Waals surface area contributed by atoms with Gasteiger partial charge in [-0.3, -0.25) is 0 Å². The maximum atomic E-state index is 12.1. The minimum absolute atomic E-state index is 0.185. The van der Waals surface area contributed by atoms with E-state index >= 15 is 0 Å². The third kappa shape index (κ3) is 4.60. The second-order valence-electron chi connectivity index (χ2n) is 5.09. The van der Waals surface area contributed by atoms with Crippen molar-refractivity contribution in [2.75, 3.05) is 14.2 Å². The van der Waals surface area contributed by atoms with E-state index in [4.69, 9.17) is 14.3 Å². The number of benzene rings is 2. The smallest absolute Gasteiger partial charge is 0.356 e. The van der Waals surface area contributed by atoms with Crippen molar-refractivity contribution in [2.45, 2.75) is 12.5 Å². The molecule has 0 heterocycles. The summed E-state index contributed by atoms with van der Waals surface area (Å²) in [5.41, 5.74) is 4.22. The molecule has 0 amide bonds. The van der Waals surface area contributed by atoms with E-state index in [1.165, 1.54) is 0 Å². The van der Waals surface area contributed by atoms with Crippen molar-refractivity contribution in [1.82, 2.24) is 5.48 Å². The molecule has 126 valence electrons. The average Bonchev–Trinajstić information content (AvgIpc) is 2.65. The molecule has 24 heavy (non-hydrogen) atoms. The summed E-state index contributed by atoms with van der Waals surface area (Å²) in [6.45, 7) is 3.75. The van der Waals surface area contributed by atoms with E-state index in [-0.39, 0.29) is 6.04 Å². The summed E-state index contributed by atoms with van der Waals surface area (Å²) in [5, 5.41) is 0. The van der Waals surface area contributed by atoms with Gasteiger partial charge in [-0.05, 0) is 48.4 Å². The van der Waals surface area contributed by atoms with Crippen LogP contribution in [0.5, 0.6) is 11.5 Å². The Morgan fingerprint density at radius 1 is 1.04 bits per heavy atom. The van der Waals surface area contributed by atoms with Crippen LogP contribution < -0.4 is 15.0 Å². The number of hydrogen-bond donors (Lipinski definition) is 1. The largest absolute Gasteiger partial charge is 0.497 e. The lowest BCUT2D eigenvalue weighted by molar-refractivity contribution is 0.0154. The average molecular weight is 327 g/mol. The minimum Gasteiger partial charge on any atom is -0.497 e. The number of hydroxylamine groups is 1. The monoisotopic (exact) mass is 327 g/mol. The molecule has 2 aromatic carbocycles. The molecular formula is C19H21NO4. The van der Waals surface area contributed by atoms with Gasteiger partial charge in [-0.1, -0.05) is 18.2 Å². The van der Waals surface area contributed by atoms with Gasteiger partial charge in [0.2, 0.25) is 0 Å². The zero-order valence-corrected chi connectivity index (χ0v) is 13.8. The van der Waals surface area contributed by atoms with Crippen LogP contribution in [0.2, 0.25) is 0 Å². The molecule has 0 aromatic heterocycles. The van der Waals surface area contributed by atoms with Gasteiger partial charge in [-0.2, -0.15) is 0 Å². The fourth-order valence-corrected chi connectivity index (χ4v) is 2.17. The van der Waals surface area contributed by atoms with Crippen LogP contribution in [0.25, 0.3) is 0 Å². The Labute approximate surface area is 141 Å². The van der Waals surface area contributed by atoms with Crippen molar-refractivity contribution in [3.05, 3.63) is 72.3 Å². The number of rotatable bonds is 8.